The number of pyridine rings is 1. The topological polar surface area (TPSA) is 10.1 Å². The van der Waals surface area contributed by atoms with Crippen molar-refractivity contribution in [3.8, 4) is 21.7 Å². The quantitative estimate of drug-likeness (QED) is 0.172. The van der Waals surface area contributed by atoms with Crippen molar-refractivity contribution in [2.75, 3.05) is 0 Å². The highest BCUT2D eigenvalue weighted by Gasteiger charge is 2.78. The van der Waals surface area contributed by atoms with Gasteiger partial charge in [0.25, 0.3) is 5.84 Å². The molecule has 0 N–H and O–H groups in total. The van der Waals surface area contributed by atoms with E-state index in [-0.39, 0.29) is 11.2 Å². The molecule has 2 fully saturated rings. The SMILES string of the molecule is CC(C)C1=[N+](C2CCCCC2)C2(c3ccc4c(c3-c3cc(C(C)C)c5ccccc5[n+]32)-c2sc3ccccc3c2C4(C)C)N1C1CCCCC1. The first kappa shape index (κ1) is 31.3. The Morgan fingerprint density at radius 2 is 1.38 bits per heavy atom. The van der Waals surface area contributed by atoms with Gasteiger partial charge in [0.1, 0.15) is 17.6 Å². The smallest absolute Gasteiger partial charge is 0.155 e. The molecule has 10 rings (SSSR count). The molecule has 3 aromatic carbocycles. The lowest BCUT2D eigenvalue weighted by molar-refractivity contribution is -0.957. The zero-order valence-electron chi connectivity index (χ0n) is 31.0. The number of para-hydroxylation sites is 1. The van der Waals surface area contributed by atoms with E-state index in [4.69, 9.17) is 0 Å². The Balaban J connectivity index is 1.39. The van der Waals surface area contributed by atoms with Crippen molar-refractivity contribution in [3.63, 3.8) is 0 Å². The molecule has 3 aliphatic carbocycles. The third-order valence-corrected chi connectivity index (χ3v) is 14.6. The number of hydrogen-bond acceptors (Lipinski definition) is 2. The number of aromatic nitrogens is 1. The van der Waals surface area contributed by atoms with Crippen LogP contribution in [0.4, 0.5) is 0 Å². The summed E-state index contributed by atoms with van der Waals surface area (Å²) in [6, 6.07) is 27.6. The van der Waals surface area contributed by atoms with Gasteiger partial charge in [-0.3, -0.25) is 0 Å². The monoisotopic (exact) mass is 679 g/mol. The highest BCUT2D eigenvalue weighted by Crippen LogP contribution is 2.62. The van der Waals surface area contributed by atoms with Gasteiger partial charge in [0.05, 0.1) is 16.9 Å². The van der Waals surface area contributed by atoms with Gasteiger partial charge < -0.3 is 0 Å². The van der Waals surface area contributed by atoms with Crippen LogP contribution in [-0.4, -0.2) is 27.4 Å². The number of benzene rings is 3. The molecule has 2 aliphatic heterocycles. The predicted molar refractivity (Wildman–Crippen MR) is 209 cm³/mol. The summed E-state index contributed by atoms with van der Waals surface area (Å²) < 4.78 is 7.34. The third-order valence-electron chi connectivity index (χ3n) is 13.4. The molecule has 5 aliphatic rings. The highest BCUT2D eigenvalue weighted by atomic mass is 32.1. The Morgan fingerprint density at radius 3 is 2.10 bits per heavy atom. The summed E-state index contributed by atoms with van der Waals surface area (Å²) in [6.45, 7) is 14.7. The van der Waals surface area contributed by atoms with E-state index in [1.165, 1.54) is 129 Å². The van der Waals surface area contributed by atoms with E-state index < -0.39 is 0 Å². The molecular weight excluding hydrogens is 627 g/mol. The van der Waals surface area contributed by atoms with Crippen LogP contribution in [-0.2, 0) is 11.2 Å². The minimum atomic E-state index is -0.359. The normalized spacial score (nSPS) is 22.9. The Kier molecular flexibility index (Phi) is 6.88. The van der Waals surface area contributed by atoms with E-state index in [1.54, 1.807) is 5.84 Å². The van der Waals surface area contributed by atoms with Gasteiger partial charge in [-0.25, -0.2) is 0 Å². The number of amidine groups is 1. The van der Waals surface area contributed by atoms with Gasteiger partial charge in [0.2, 0.25) is 11.2 Å². The van der Waals surface area contributed by atoms with Crippen LogP contribution in [0.3, 0.4) is 0 Å². The van der Waals surface area contributed by atoms with Crippen molar-refractivity contribution in [2.24, 2.45) is 5.92 Å². The Labute approximate surface area is 302 Å². The van der Waals surface area contributed by atoms with E-state index in [0.29, 0.717) is 23.9 Å². The van der Waals surface area contributed by atoms with Crippen LogP contribution in [0, 0.1) is 5.92 Å². The summed E-state index contributed by atoms with van der Waals surface area (Å²) in [4.78, 5) is 4.53. The molecule has 2 aromatic heterocycles. The fraction of sp³-hybridized carbons (Fsp3) is 0.478. The maximum absolute atomic E-state index is 3.03. The first-order chi connectivity index (χ1) is 24.3. The average molecular weight is 680 g/mol. The highest BCUT2D eigenvalue weighted by molar-refractivity contribution is 7.22. The molecule has 0 radical (unpaired) electrons. The minimum Gasteiger partial charge on any atom is -0.155 e. The van der Waals surface area contributed by atoms with Crippen molar-refractivity contribution in [1.29, 1.82) is 0 Å². The van der Waals surface area contributed by atoms with E-state index in [9.17, 15) is 0 Å². The van der Waals surface area contributed by atoms with Crippen LogP contribution < -0.4 is 4.57 Å². The van der Waals surface area contributed by atoms with Gasteiger partial charge in [0, 0.05) is 32.7 Å². The molecule has 4 heteroatoms. The van der Waals surface area contributed by atoms with Gasteiger partial charge in [-0.15, -0.1) is 15.9 Å². The van der Waals surface area contributed by atoms with Crippen LogP contribution >= 0.6 is 11.3 Å². The van der Waals surface area contributed by atoms with Crippen LogP contribution in [0.2, 0.25) is 0 Å². The molecule has 5 aromatic rings. The van der Waals surface area contributed by atoms with E-state index in [1.807, 2.05) is 11.3 Å². The molecule has 4 heterocycles. The van der Waals surface area contributed by atoms with Crippen molar-refractivity contribution in [1.82, 2.24) is 4.90 Å². The van der Waals surface area contributed by atoms with Crippen LogP contribution in [0.5, 0.6) is 0 Å². The predicted octanol–water partition coefficient (Wildman–Crippen LogP) is 11.5. The summed E-state index contributed by atoms with van der Waals surface area (Å²) in [5, 5.41) is 2.86. The van der Waals surface area contributed by atoms with Gasteiger partial charge in [0.15, 0.2) is 0 Å². The van der Waals surface area contributed by atoms with Gasteiger partial charge >= 0.3 is 5.79 Å². The Morgan fingerprint density at radius 1 is 0.720 bits per heavy atom. The zero-order valence-corrected chi connectivity index (χ0v) is 31.8. The third kappa shape index (κ3) is 3.87. The molecule has 1 spiro atoms. The molecule has 0 saturated heterocycles. The maximum Gasteiger partial charge on any atom is 0.479 e. The average Bonchev–Trinajstić information content (AvgIpc) is 3.73. The zero-order chi connectivity index (χ0) is 34.1. The second-order valence-corrected chi connectivity index (χ2v) is 18.4. The van der Waals surface area contributed by atoms with Crippen LogP contribution in [0.1, 0.15) is 134 Å². The number of fused-ring (bicyclic) bond motifs is 13. The largest absolute Gasteiger partial charge is 0.479 e. The second kappa shape index (κ2) is 11.0. The lowest BCUT2D eigenvalue weighted by atomic mass is 9.79. The van der Waals surface area contributed by atoms with Crippen molar-refractivity contribution in [3.05, 3.63) is 89.0 Å². The molecule has 2 saturated carbocycles. The van der Waals surface area contributed by atoms with Crippen LogP contribution in [0.15, 0.2) is 66.7 Å². The second-order valence-electron chi connectivity index (χ2n) is 17.3. The molecule has 50 heavy (non-hydrogen) atoms. The summed E-state index contributed by atoms with van der Waals surface area (Å²) >= 11 is 2.03. The molecule has 0 amide bonds. The molecule has 1 unspecified atom stereocenters. The molecular formula is C46H53N3S+2. The number of thiophene rings is 1. The van der Waals surface area contributed by atoms with Crippen LogP contribution in [0.25, 0.3) is 42.7 Å². The summed E-state index contributed by atoms with van der Waals surface area (Å²) in [5.41, 5.74) is 11.9. The summed E-state index contributed by atoms with van der Waals surface area (Å²) in [7, 11) is 0. The van der Waals surface area contributed by atoms with Crippen molar-refractivity contribution in [2.45, 2.75) is 135 Å². The fourth-order valence-corrected chi connectivity index (χ4v) is 12.9. The number of nitrogens with zero attached hydrogens (tertiary/aromatic N) is 3. The first-order valence-corrected chi connectivity index (χ1v) is 20.7. The molecule has 0 bridgehead atoms. The summed E-state index contributed by atoms with van der Waals surface area (Å²) in [6.07, 6.45) is 13.3. The molecule has 3 nitrogen and oxygen atoms in total. The number of rotatable bonds is 4. The lowest BCUT2D eigenvalue weighted by Crippen LogP contribution is -2.84. The van der Waals surface area contributed by atoms with Gasteiger partial charge in [-0.2, -0.15) is 9.48 Å². The first-order valence-electron chi connectivity index (χ1n) is 19.9. The molecule has 256 valence electrons. The van der Waals surface area contributed by atoms with Crippen molar-refractivity contribution >= 4 is 38.2 Å². The lowest BCUT2D eigenvalue weighted by Gasteiger charge is -2.50. The van der Waals surface area contributed by atoms with E-state index in [2.05, 4.69) is 122 Å². The standard InChI is InChI=1S/C46H53N3S/c1-28(2)34-27-38-40-36(26-25-35-41(40)43-42(45(35,5)6)33-22-14-16-24-39(33)50-43)46(49(38)37-23-15-13-21-32(34)37)47(30-17-9-7-10-18-30)44(29(3)4)48(46)31-19-11-8-12-20-31/h13-16,21-31H,7-12,17-20H2,1-6H3/q+2. The maximum atomic E-state index is 3.03. The number of hydrogen-bond donors (Lipinski definition) is 0. The minimum absolute atomic E-state index is 0.0570. The van der Waals surface area contributed by atoms with Gasteiger partial charge in [-0.05, 0) is 97.6 Å². The molecule has 1 atom stereocenters. The fourth-order valence-electron chi connectivity index (χ4n) is 11.4. The Hall–Kier alpha value is -3.50. The Bertz CT molecular complexity index is 2240. The summed E-state index contributed by atoms with van der Waals surface area (Å²) in [5.74, 6) is 2.15. The van der Waals surface area contributed by atoms with E-state index >= 15 is 0 Å². The van der Waals surface area contributed by atoms with E-state index in [0.717, 1.165) is 0 Å². The van der Waals surface area contributed by atoms with Gasteiger partial charge in [-0.1, -0.05) is 90.8 Å². The van der Waals surface area contributed by atoms with Crippen molar-refractivity contribution < 1.29 is 9.14 Å².